The maximum Gasteiger partial charge on any atom is 0.267 e. The largest absolute Gasteiger partial charge is 0.395 e. The SMILES string of the molecule is O=C(NC1CC(c2cc(NCCO)ncn2)C1)c1cc2ccccc2[nH]1. The van der Waals surface area contributed by atoms with Crippen LogP contribution in [0.1, 0.15) is 34.9 Å². The number of aromatic nitrogens is 3. The lowest BCUT2D eigenvalue weighted by atomic mass is 9.78. The standard InChI is InChI=1S/C19H21N5O2/c25-6-5-20-18-10-16(21-11-22-18)13-7-14(8-13)23-19(26)17-9-12-3-1-2-4-15(12)24-17/h1-4,9-11,13-14,24-25H,5-8H2,(H,23,26)(H,20,21,22). The van der Waals surface area contributed by atoms with Crippen LogP contribution in [0.4, 0.5) is 5.82 Å². The Morgan fingerprint density at radius 1 is 1.23 bits per heavy atom. The van der Waals surface area contributed by atoms with Gasteiger partial charge in [0.1, 0.15) is 17.8 Å². The Balaban J connectivity index is 1.34. The number of anilines is 1. The summed E-state index contributed by atoms with van der Waals surface area (Å²) in [5.74, 6) is 0.966. The Kier molecular flexibility index (Phi) is 4.53. The number of amides is 1. The number of H-pyrrole nitrogens is 1. The Labute approximate surface area is 150 Å². The van der Waals surface area contributed by atoms with Crippen LogP contribution in [0, 0.1) is 0 Å². The topological polar surface area (TPSA) is 103 Å². The fraction of sp³-hybridized carbons (Fsp3) is 0.316. The molecule has 0 spiro atoms. The smallest absolute Gasteiger partial charge is 0.267 e. The third kappa shape index (κ3) is 3.39. The Morgan fingerprint density at radius 2 is 2.08 bits per heavy atom. The van der Waals surface area contributed by atoms with Gasteiger partial charge < -0.3 is 20.7 Å². The molecule has 0 atom stereocenters. The number of nitrogens with one attached hydrogen (secondary N) is 3. The summed E-state index contributed by atoms with van der Waals surface area (Å²) in [5.41, 5.74) is 2.52. The van der Waals surface area contributed by atoms with Crippen molar-refractivity contribution in [2.75, 3.05) is 18.5 Å². The van der Waals surface area contributed by atoms with Crippen LogP contribution in [0.15, 0.2) is 42.7 Å². The van der Waals surface area contributed by atoms with Crippen molar-refractivity contribution in [2.24, 2.45) is 0 Å². The predicted octanol–water partition coefficient (Wildman–Crippen LogP) is 2.04. The molecule has 1 aliphatic rings. The number of rotatable bonds is 6. The van der Waals surface area contributed by atoms with E-state index >= 15 is 0 Å². The molecule has 2 aromatic heterocycles. The molecule has 7 heteroatoms. The van der Waals surface area contributed by atoms with Crippen molar-refractivity contribution >= 4 is 22.6 Å². The molecule has 3 aromatic rings. The molecule has 1 fully saturated rings. The van der Waals surface area contributed by atoms with Gasteiger partial charge in [-0.25, -0.2) is 9.97 Å². The Hall–Kier alpha value is -2.93. The van der Waals surface area contributed by atoms with Gasteiger partial charge >= 0.3 is 0 Å². The number of para-hydroxylation sites is 1. The van der Waals surface area contributed by atoms with E-state index < -0.39 is 0 Å². The maximum absolute atomic E-state index is 12.4. The second-order valence-electron chi connectivity index (χ2n) is 6.59. The average molecular weight is 351 g/mol. The van der Waals surface area contributed by atoms with Gasteiger partial charge in [-0.1, -0.05) is 18.2 Å². The first-order valence-electron chi connectivity index (χ1n) is 8.78. The van der Waals surface area contributed by atoms with E-state index in [0.29, 0.717) is 18.2 Å². The predicted molar refractivity (Wildman–Crippen MR) is 99.1 cm³/mol. The molecule has 1 amide bonds. The zero-order chi connectivity index (χ0) is 17.9. The van der Waals surface area contributed by atoms with Crippen LogP contribution < -0.4 is 10.6 Å². The molecule has 0 radical (unpaired) electrons. The summed E-state index contributed by atoms with van der Waals surface area (Å²) < 4.78 is 0. The number of benzene rings is 1. The summed E-state index contributed by atoms with van der Waals surface area (Å²) in [6, 6.07) is 11.8. The van der Waals surface area contributed by atoms with E-state index in [2.05, 4.69) is 25.6 Å². The highest BCUT2D eigenvalue weighted by molar-refractivity contribution is 5.98. The van der Waals surface area contributed by atoms with E-state index in [1.165, 1.54) is 6.33 Å². The molecule has 1 saturated carbocycles. The molecule has 1 aromatic carbocycles. The third-order valence-corrected chi connectivity index (χ3v) is 4.77. The lowest BCUT2D eigenvalue weighted by molar-refractivity contribution is 0.0904. The number of aliphatic hydroxyl groups excluding tert-OH is 1. The molecule has 0 saturated heterocycles. The number of aliphatic hydroxyl groups is 1. The summed E-state index contributed by atoms with van der Waals surface area (Å²) in [6.07, 6.45) is 3.26. The summed E-state index contributed by atoms with van der Waals surface area (Å²) in [6.45, 7) is 0.523. The van der Waals surface area contributed by atoms with Gasteiger partial charge in [0, 0.05) is 41.2 Å². The van der Waals surface area contributed by atoms with Gasteiger partial charge in [0.25, 0.3) is 5.91 Å². The number of fused-ring (bicyclic) bond motifs is 1. The number of carbonyl (C=O) groups is 1. The second-order valence-corrected chi connectivity index (χ2v) is 6.59. The molecule has 4 rings (SSSR count). The van der Waals surface area contributed by atoms with E-state index in [-0.39, 0.29) is 18.6 Å². The molecule has 134 valence electrons. The first-order chi connectivity index (χ1) is 12.7. The summed E-state index contributed by atoms with van der Waals surface area (Å²) in [7, 11) is 0. The van der Waals surface area contributed by atoms with Crippen molar-refractivity contribution < 1.29 is 9.90 Å². The van der Waals surface area contributed by atoms with E-state index in [1.54, 1.807) is 0 Å². The normalized spacial score (nSPS) is 19.1. The molecule has 0 bridgehead atoms. The molecule has 7 nitrogen and oxygen atoms in total. The second kappa shape index (κ2) is 7.13. The van der Waals surface area contributed by atoms with E-state index in [9.17, 15) is 4.79 Å². The van der Waals surface area contributed by atoms with Gasteiger partial charge in [0.15, 0.2) is 0 Å². The van der Waals surface area contributed by atoms with E-state index in [4.69, 9.17) is 5.11 Å². The van der Waals surface area contributed by atoms with Crippen LogP contribution in [0.5, 0.6) is 0 Å². The van der Waals surface area contributed by atoms with Gasteiger partial charge in [-0.05, 0) is 25.0 Å². The zero-order valence-corrected chi connectivity index (χ0v) is 14.3. The van der Waals surface area contributed by atoms with Crippen molar-refractivity contribution in [3.8, 4) is 0 Å². The first kappa shape index (κ1) is 16.5. The molecule has 4 N–H and O–H groups in total. The zero-order valence-electron chi connectivity index (χ0n) is 14.3. The maximum atomic E-state index is 12.4. The van der Waals surface area contributed by atoms with E-state index in [1.807, 2.05) is 36.4 Å². The monoisotopic (exact) mass is 351 g/mol. The van der Waals surface area contributed by atoms with Crippen molar-refractivity contribution in [2.45, 2.75) is 24.8 Å². The molecule has 26 heavy (non-hydrogen) atoms. The van der Waals surface area contributed by atoms with Crippen LogP contribution in [0.3, 0.4) is 0 Å². The van der Waals surface area contributed by atoms with Gasteiger partial charge in [0.05, 0.1) is 6.61 Å². The Morgan fingerprint density at radius 3 is 2.88 bits per heavy atom. The molecular weight excluding hydrogens is 330 g/mol. The molecule has 0 unspecified atom stereocenters. The minimum Gasteiger partial charge on any atom is -0.395 e. The van der Waals surface area contributed by atoms with Gasteiger partial charge in [-0.3, -0.25) is 4.79 Å². The van der Waals surface area contributed by atoms with Crippen LogP contribution in [-0.2, 0) is 0 Å². The lowest BCUT2D eigenvalue weighted by Gasteiger charge is -2.35. The number of hydrogen-bond donors (Lipinski definition) is 4. The number of aromatic amines is 1. The van der Waals surface area contributed by atoms with Crippen molar-refractivity contribution in [3.05, 3.63) is 54.1 Å². The molecule has 0 aliphatic heterocycles. The minimum atomic E-state index is -0.0716. The van der Waals surface area contributed by atoms with Crippen molar-refractivity contribution in [3.63, 3.8) is 0 Å². The van der Waals surface area contributed by atoms with Crippen LogP contribution >= 0.6 is 0 Å². The number of carbonyl (C=O) groups excluding carboxylic acids is 1. The summed E-state index contributed by atoms with van der Waals surface area (Å²) in [5, 5.41) is 16.0. The first-order valence-corrected chi connectivity index (χ1v) is 8.78. The lowest BCUT2D eigenvalue weighted by Crippen LogP contribution is -2.43. The van der Waals surface area contributed by atoms with E-state index in [0.717, 1.165) is 35.3 Å². The quantitative estimate of drug-likeness (QED) is 0.544. The fourth-order valence-electron chi connectivity index (χ4n) is 3.31. The van der Waals surface area contributed by atoms with Crippen LogP contribution in [0.25, 0.3) is 10.9 Å². The van der Waals surface area contributed by atoms with Crippen LogP contribution in [0.2, 0.25) is 0 Å². The average Bonchev–Trinajstić information content (AvgIpc) is 3.07. The van der Waals surface area contributed by atoms with Crippen molar-refractivity contribution in [1.29, 1.82) is 0 Å². The van der Waals surface area contributed by atoms with Gasteiger partial charge in [-0.15, -0.1) is 0 Å². The molecule has 1 aliphatic carbocycles. The van der Waals surface area contributed by atoms with Crippen molar-refractivity contribution in [1.82, 2.24) is 20.3 Å². The number of nitrogens with zero attached hydrogens (tertiary/aromatic N) is 2. The summed E-state index contributed by atoms with van der Waals surface area (Å²) >= 11 is 0. The molecule has 2 heterocycles. The van der Waals surface area contributed by atoms with Gasteiger partial charge in [-0.2, -0.15) is 0 Å². The summed E-state index contributed by atoms with van der Waals surface area (Å²) in [4.78, 5) is 24.1. The van der Waals surface area contributed by atoms with Crippen LogP contribution in [-0.4, -0.2) is 45.2 Å². The third-order valence-electron chi connectivity index (χ3n) is 4.77. The highest BCUT2D eigenvalue weighted by atomic mass is 16.3. The fourth-order valence-corrected chi connectivity index (χ4v) is 3.31. The minimum absolute atomic E-state index is 0.0601. The highest BCUT2D eigenvalue weighted by Crippen LogP contribution is 2.36. The number of hydrogen-bond acceptors (Lipinski definition) is 5. The highest BCUT2D eigenvalue weighted by Gasteiger charge is 2.33. The molecular formula is C19H21N5O2. The van der Waals surface area contributed by atoms with Gasteiger partial charge in [0.2, 0.25) is 0 Å². The Bertz CT molecular complexity index is 884.